The molecule has 0 spiro atoms. The van der Waals surface area contributed by atoms with Gasteiger partial charge in [0.2, 0.25) is 0 Å². The minimum atomic E-state index is -0.330. The first-order chi connectivity index (χ1) is 8.49. The monoisotopic (exact) mass is 254 g/mol. The molecule has 0 aromatic heterocycles. The van der Waals surface area contributed by atoms with Gasteiger partial charge in [-0.2, -0.15) is 0 Å². The molecular formula is C14H19FO3. The van der Waals surface area contributed by atoms with Crippen LogP contribution >= 0.6 is 0 Å². The lowest BCUT2D eigenvalue weighted by atomic mass is 9.94. The van der Waals surface area contributed by atoms with E-state index in [9.17, 15) is 9.18 Å². The third-order valence-electron chi connectivity index (χ3n) is 2.96. The maximum Gasteiger partial charge on any atom is 0.163 e. The van der Waals surface area contributed by atoms with Crippen LogP contribution in [0.4, 0.5) is 4.39 Å². The van der Waals surface area contributed by atoms with E-state index in [0.717, 1.165) is 0 Å². The van der Waals surface area contributed by atoms with E-state index in [1.165, 1.54) is 27.2 Å². The predicted octanol–water partition coefficient (Wildman–Crippen LogP) is 3.32. The van der Waals surface area contributed by atoms with Gasteiger partial charge in [0, 0.05) is 12.5 Å². The molecule has 18 heavy (non-hydrogen) atoms. The molecule has 1 aromatic carbocycles. The second-order valence-corrected chi connectivity index (χ2v) is 4.37. The van der Waals surface area contributed by atoms with Crippen molar-refractivity contribution < 1.29 is 18.7 Å². The summed E-state index contributed by atoms with van der Waals surface area (Å²) in [6.45, 7) is 3.44. The third kappa shape index (κ3) is 3.45. The van der Waals surface area contributed by atoms with Gasteiger partial charge >= 0.3 is 0 Å². The standard InChI is InChI=1S/C14H19FO3/c1-9(5-6-10(2)16)11-7-13(17-3)14(18-4)8-12(11)15/h7-9H,5-6H2,1-4H3. The zero-order valence-electron chi connectivity index (χ0n) is 11.2. The summed E-state index contributed by atoms with van der Waals surface area (Å²) < 4.78 is 24.1. The van der Waals surface area contributed by atoms with Gasteiger partial charge in [0.1, 0.15) is 11.6 Å². The van der Waals surface area contributed by atoms with Gasteiger partial charge in [-0.1, -0.05) is 6.92 Å². The summed E-state index contributed by atoms with van der Waals surface area (Å²) in [6.07, 6.45) is 1.08. The van der Waals surface area contributed by atoms with Crippen LogP contribution in [0, 0.1) is 5.82 Å². The Balaban J connectivity index is 2.97. The van der Waals surface area contributed by atoms with E-state index in [2.05, 4.69) is 0 Å². The van der Waals surface area contributed by atoms with Gasteiger partial charge in [0.05, 0.1) is 14.2 Å². The highest BCUT2D eigenvalue weighted by Crippen LogP contribution is 2.34. The first kappa shape index (κ1) is 14.5. The number of benzene rings is 1. The Morgan fingerprint density at radius 1 is 1.28 bits per heavy atom. The molecule has 0 amide bonds. The molecule has 0 aliphatic heterocycles. The summed E-state index contributed by atoms with van der Waals surface area (Å²) >= 11 is 0. The first-order valence-corrected chi connectivity index (χ1v) is 5.90. The van der Waals surface area contributed by atoms with E-state index < -0.39 is 0 Å². The highest BCUT2D eigenvalue weighted by atomic mass is 19.1. The molecule has 0 N–H and O–H groups in total. The lowest BCUT2D eigenvalue weighted by Crippen LogP contribution is -2.02. The van der Waals surface area contributed by atoms with Crippen molar-refractivity contribution in [1.82, 2.24) is 0 Å². The number of Topliss-reactive ketones (excluding diaryl/α,β-unsaturated/α-hetero) is 1. The summed E-state index contributed by atoms with van der Waals surface area (Å²) in [4.78, 5) is 10.9. The molecule has 0 heterocycles. The van der Waals surface area contributed by atoms with Gasteiger partial charge < -0.3 is 14.3 Å². The predicted molar refractivity (Wildman–Crippen MR) is 67.8 cm³/mol. The number of hydrogen-bond donors (Lipinski definition) is 0. The molecule has 0 saturated heterocycles. The SMILES string of the molecule is COc1cc(F)c(C(C)CCC(C)=O)cc1OC. The quantitative estimate of drug-likeness (QED) is 0.781. The fourth-order valence-electron chi connectivity index (χ4n) is 1.82. The molecule has 1 atom stereocenters. The molecule has 100 valence electrons. The van der Waals surface area contributed by atoms with Gasteiger partial charge in [0.15, 0.2) is 11.5 Å². The third-order valence-corrected chi connectivity index (χ3v) is 2.96. The van der Waals surface area contributed by atoms with E-state index >= 15 is 0 Å². The number of hydrogen-bond acceptors (Lipinski definition) is 3. The minimum Gasteiger partial charge on any atom is -0.493 e. The highest BCUT2D eigenvalue weighted by molar-refractivity contribution is 5.75. The van der Waals surface area contributed by atoms with E-state index in [4.69, 9.17) is 9.47 Å². The van der Waals surface area contributed by atoms with Crippen molar-refractivity contribution in [2.24, 2.45) is 0 Å². The zero-order chi connectivity index (χ0) is 13.7. The average molecular weight is 254 g/mol. The molecular weight excluding hydrogens is 235 g/mol. The number of ether oxygens (including phenoxy) is 2. The molecule has 1 rings (SSSR count). The second-order valence-electron chi connectivity index (χ2n) is 4.37. The molecule has 4 heteroatoms. The molecule has 0 aliphatic rings. The Morgan fingerprint density at radius 3 is 2.33 bits per heavy atom. The molecule has 0 fully saturated rings. The number of carbonyl (C=O) groups is 1. The number of rotatable bonds is 6. The lowest BCUT2D eigenvalue weighted by molar-refractivity contribution is -0.117. The molecule has 0 bridgehead atoms. The van der Waals surface area contributed by atoms with E-state index in [0.29, 0.717) is 29.9 Å². The van der Waals surface area contributed by atoms with Gasteiger partial charge in [-0.3, -0.25) is 0 Å². The van der Waals surface area contributed by atoms with Crippen LogP contribution in [-0.2, 0) is 4.79 Å². The lowest BCUT2D eigenvalue weighted by Gasteiger charge is -2.15. The summed E-state index contributed by atoms with van der Waals surface area (Å²) in [5.74, 6) is 0.626. The molecule has 1 unspecified atom stereocenters. The minimum absolute atomic E-state index is 0.0336. The average Bonchev–Trinajstić information content (AvgIpc) is 2.35. The van der Waals surface area contributed by atoms with Crippen LogP contribution < -0.4 is 9.47 Å². The smallest absolute Gasteiger partial charge is 0.163 e. The van der Waals surface area contributed by atoms with Crippen molar-refractivity contribution in [3.8, 4) is 11.5 Å². The van der Waals surface area contributed by atoms with Crippen molar-refractivity contribution in [1.29, 1.82) is 0 Å². The fourth-order valence-corrected chi connectivity index (χ4v) is 1.82. The van der Waals surface area contributed by atoms with E-state index in [1.807, 2.05) is 6.92 Å². The van der Waals surface area contributed by atoms with Gasteiger partial charge in [0.25, 0.3) is 0 Å². The van der Waals surface area contributed by atoms with Crippen molar-refractivity contribution in [3.63, 3.8) is 0 Å². The number of halogens is 1. The second kappa shape index (κ2) is 6.38. The molecule has 0 radical (unpaired) electrons. The van der Waals surface area contributed by atoms with Crippen LogP contribution in [0.3, 0.4) is 0 Å². The van der Waals surface area contributed by atoms with Crippen LogP contribution in [0.15, 0.2) is 12.1 Å². The zero-order valence-corrected chi connectivity index (χ0v) is 11.2. The summed E-state index contributed by atoms with van der Waals surface area (Å²) in [6, 6.07) is 2.96. The first-order valence-electron chi connectivity index (χ1n) is 5.90. The van der Waals surface area contributed by atoms with Crippen molar-refractivity contribution >= 4 is 5.78 Å². The Morgan fingerprint density at radius 2 is 1.83 bits per heavy atom. The maximum absolute atomic E-state index is 13.9. The summed E-state index contributed by atoms with van der Waals surface area (Å²) in [7, 11) is 2.98. The molecule has 1 aromatic rings. The largest absolute Gasteiger partial charge is 0.493 e. The number of carbonyl (C=O) groups excluding carboxylic acids is 1. The van der Waals surface area contributed by atoms with Crippen LogP contribution in [0.5, 0.6) is 11.5 Å². The van der Waals surface area contributed by atoms with Gasteiger partial charge in [-0.25, -0.2) is 4.39 Å². The molecule has 0 saturated carbocycles. The molecule has 0 aliphatic carbocycles. The molecule has 3 nitrogen and oxygen atoms in total. The number of ketones is 1. The van der Waals surface area contributed by atoms with Crippen LogP contribution in [0.2, 0.25) is 0 Å². The Bertz CT molecular complexity index is 429. The Kier molecular flexibility index (Phi) is 5.13. The maximum atomic E-state index is 13.9. The van der Waals surface area contributed by atoms with Gasteiger partial charge in [-0.15, -0.1) is 0 Å². The van der Waals surface area contributed by atoms with E-state index in [-0.39, 0.29) is 17.5 Å². The van der Waals surface area contributed by atoms with Crippen LogP contribution in [0.25, 0.3) is 0 Å². The topological polar surface area (TPSA) is 35.5 Å². The van der Waals surface area contributed by atoms with Crippen molar-refractivity contribution in [2.45, 2.75) is 32.6 Å². The van der Waals surface area contributed by atoms with Crippen molar-refractivity contribution in [3.05, 3.63) is 23.5 Å². The normalized spacial score (nSPS) is 12.1. The number of methoxy groups -OCH3 is 2. The summed E-state index contributed by atoms with van der Waals surface area (Å²) in [5, 5.41) is 0. The van der Waals surface area contributed by atoms with Crippen molar-refractivity contribution in [2.75, 3.05) is 14.2 Å². The van der Waals surface area contributed by atoms with Crippen LogP contribution in [-0.4, -0.2) is 20.0 Å². The van der Waals surface area contributed by atoms with Gasteiger partial charge in [-0.05, 0) is 30.9 Å². The van der Waals surface area contributed by atoms with Crippen LogP contribution in [0.1, 0.15) is 38.2 Å². The van der Waals surface area contributed by atoms with E-state index in [1.54, 1.807) is 6.07 Å². The summed E-state index contributed by atoms with van der Waals surface area (Å²) in [5.41, 5.74) is 0.550. The Hall–Kier alpha value is -1.58. The highest BCUT2D eigenvalue weighted by Gasteiger charge is 2.16. The fraction of sp³-hybridized carbons (Fsp3) is 0.500. The Labute approximate surface area is 107 Å².